The lowest BCUT2D eigenvalue weighted by atomic mass is 10.2. The molecule has 0 atom stereocenters. The topological polar surface area (TPSA) is 53.4 Å². The summed E-state index contributed by atoms with van der Waals surface area (Å²) >= 11 is 3.18. The van der Waals surface area contributed by atoms with Crippen LogP contribution in [-0.4, -0.2) is 22.9 Å². The van der Waals surface area contributed by atoms with Gasteiger partial charge in [-0.15, -0.1) is 0 Å². The zero-order chi connectivity index (χ0) is 17.8. The van der Waals surface area contributed by atoms with E-state index >= 15 is 0 Å². The van der Waals surface area contributed by atoms with Crippen molar-refractivity contribution in [2.75, 3.05) is 7.11 Å². The Morgan fingerprint density at radius 3 is 2.68 bits per heavy atom. The number of benzene rings is 2. The normalized spacial score (nSPS) is 10.5. The molecule has 0 unspecified atom stereocenters. The molecule has 7 heteroatoms. The molecule has 0 fully saturated rings. The number of halogens is 2. The minimum atomic E-state index is -0.686. The van der Waals surface area contributed by atoms with E-state index < -0.39 is 11.8 Å². The van der Waals surface area contributed by atoms with Gasteiger partial charge in [-0.3, -0.25) is 0 Å². The zero-order valence-electron chi connectivity index (χ0n) is 13.3. The molecular formula is C18H14BrFN2O3. The Bertz CT molecular complexity index is 897. The van der Waals surface area contributed by atoms with Gasteiger partial charge in [0.05, 0.1) is 19.0 Å². The highest BCUT2D eigenvalue weighted by molar-refractivity contribution is 9.10. The zero-order valence-corrected chi connectivity index (χ0v) is 14.9. The molecule has 0 aliphatic heterocycles. The number of hydrogen-bond donors (Lipinski definition) is 0. The molecule has 0 saturated heterocycles. The van der Waals surface area contributed by atoms with Crippen molar-refractivity contribution in [1.82, 2.24) is 9.78 Å². The van der Waals surface area contributed by atoms with E-state index in [1.807, 2.05) is 30.3 Å². The molecule has 0 N–H and O–H groups in total. The Balaban J connectivity index is 1.78. The Kier molecular flexibility index (Phi) is 5.14. The van der Waals surface area contributed by atoms with E-state index in [2.05, 4.69) is 21.0 Å². The molecule has 3 aromatic rings. The largest absolute Gasteiger partial charge is 0.493 e. The Hall–Kier alpha value is -2.67. The maximum Gasteiger partial charge on any atom is 0.363 e. The first kappa shape index (κ1) is 17.2. The SMILES string of the molecule is COc1cn(-c2ccccc2)nc1C(=O)OCc1ccc(Br)cc1F. The van der Waals surface area contributed by atoms with E-state index in [4.69, 9.17) is 9.47 Å². The average molecular weight is 405 g/mol. The number of methoxy groups -OCH3 is 1. The van der Waals surface area contributed by atoms with Crippen LogP contribution in [0.3, 0.4) is 0 Å². The van der Waals surface area contributed by atoms with Gasteiger partial charge in [-0.1, -0.05) is 40.2 Å². The third kappa shape index (κ3) is 3.88. The molecule has 0 radical (unpaired) electrons. The van der Waals surface area contributed by atoms with Crippen molar-refractivity contribution in [3.05, 3.63) is 76.3 Å². The van der Waals surface area contributed by atoms with Crippen LogP contribution in [0.15, 0.2) is 59.2 Å². The van der Waals surface area contributed by atoms with E-state index in [0.29, 0.717) is 4.47 Å². The van der Waals surface area contributed by atoms with Gasteiger partial charge in [0.25, 0.3) is 0 Å². The van der Waals surface area contributed by atoms with Crippen molar-refractivity contribution >= 4 is 21.9 Å². The highest BCUT2D eigenvalue weighted by Gasteiger charge is 2.20. The predicted octanol–water partition coefficient (Wildman–Crippen LogP) is 4.14. The summed E-state index contributed by atoms with van der Waals surface area (Å²) in [5.74, 6) is -0.858. The van der Waals surface area contributed by atoms with E-state index in [1.54, 1.807) is 18.3 Å². The third-order valence-corrected chi connectivity index (χ3v) is 3.98. The Labute approximate surface area is 152 Å². The molecular weight excluding hydrogens is 391 g/mol. The summed E-state index contributed by atoms with van der Waals surface area (Å²) in [4.78, 5) is 12.3. The van der Waals surface area contributed by atoms with Gasteiger partial charge >= 0.3 is 5.97 Å². The van der Waals surface area contributed by atoms with E-state index in [1.165, 1.54) is 17.9 Å². The molecule has 2 aromatic carbocycles. The lowest BCUT2D eigenvalue weighted by Gasteiger charge is -2.06. The fourth-order valence-corrected chi connectivity index (χ4v) is 2.55. The van der Waals surface area contributed by atoms with Crippen molar-refractivity contribution in [3.8, 4) is 11.4 Å². The van der Waals surface area contributed by atoms with Gasteiger partial charge in [0.15, 0.2) is 5.75 Å². The molecule has 0 aliphatic carbocycles. The molecule has 0 spiro atoms. The first-order valence-electron chi connectivity index (χ1n) is 7.38. The van der Waals surface area contributed by atoms with Crippen LogP contribution in [0, 0.1) is 5.82 Å². The average Bonchev–Trinajstić information content (AvgIpc) is 3.06. The lowest BCUT2D eigenvalue weighted by Crippen LogP contribution is -2.09. The number of aromatic nitrogens is 2. The molecule has 3 rings (SSSR count). The maximum absolute atomic E-state index is 13.8. The first-order valence-corrected chi connectivity index (χ1v) is 8.18. The maximum atomic E-state index is 13.8. The second-order valence-corrected chi connectivity index (χ2v) is 6.05. The van der Waals surface area contributed by atoms with Crippen LogP contribution >= 0.6 is 15.9 Å². The number of hydrogen-bond acceptors (Lipinski definition) is 4. The Morgan fingerprint density at radius 2 is 2.00 bits per heavy atom. The van der Waals surface area contributed by atoms with Gasteiger partial charge in [0, 0.05) is 10.0 Å². The van der Waals surface area contributed by atoms with Crippen molar-refractivity contribution in [2.45, 2.75) is 6.61 Å². The van der Waals surface area contributed by atoms with Gasteiger partial charge in [-0.25, -0.2) is 13.9 Å². The van der Waals surface area contributed by atoms with Crippen LogP contribution in [0.5, 0.6) is 5.75 Å². The Morgan fingerprint density at radius 1 is 1.24 bits per heavy atom. The summed E-state index contributed by atoms with van der Waals surface area (Å²) in [6, 6.07) is 13.8. The van der Waals surface area contributed by atoms with Gasteiger partial charge < -0.3 is 9.47 Å². The molecule has 0 saturated carbocycles. The van der Waals surface area contributed by atoms with E-state index in [0.717, 1.165) is 5.69 Å². The quantitative estimate of drug-likeness (QED) is 0.599. The smallest absolute Gasteiger partial charge is 0.363 e. The van der Waals surface area contributed by atoms with Crippen molar-refractivity contribution in [1.29, 1.82) is 0 Å². The molecule has 128 valence electrons. The number of nitrogens with zero attached hydrogens (tertiary/aromatic N) is 2. The monoisotopic (exact) mass is 404 g/mol. The minimum Gasteiger partial charge on any atom is -0.493 e. The summed E-state index contributed by atoms with van der Waals surface area (Å²) < 4.78 is 26.3. The van der Waals surface area contributed by atoms with Crippen LogP contribution in [0.2, 0.25) is 0 Å². The molecule has 0 aliphatic rings. The van der Waals surface area contributed by atoms with E-state index in [-0.39, 0.29) is 23.6 Å². The highest BCUT2D eigenvalue weighted by Crippen LogP contribution is 2.21. The van der Waals surface area contributed by atoms with Gasteiger partial charge in [0.1, 0.15) is 12.4 Å². The predicted molar refractivity (Wildman–Crippen MR) is 93.3 cm³/mol. The van der Waals surface area contributed by atoms with Gasteiger partial charge in [-0.2, -0.15) is 5.10 Å². The standard InChI is InChI=1S/C18H14BrFN2O3/c1-24-16-10-22(14-5-3-2-4-6-14)21-17(16)18(23)25-11-12-7-8-13(19)9-15(12)20/h2-10H,11H2,1H3. The molecule has 0 amide bonds. The van der Waals surface area contributed by atoms with Gasteiger partial charge in [0.2, 0.25) is 5.69 Å². The van der Waals surface area contributed by atoms with Crippen molar-refractivity contribution < 1.29 is 18.7 Å². The fraction of sp³-hybridized carbons (Fsp3) is 0.111. The summed E-state index contributed by atoms with van der Waals surface area (Å²) in [5, 5.41) is 4.22. The fourth-order valence-electron chi connectivity index (χ4n) is 2.21. The summed E-state index contributed by atoms with van der Waals surface area (Å²) in [7, 11) is 1.44. The summed E-state index contributed by atoms with van der Waals surface area (Å²) in [5.41, 5.74) is 1.08. The molecule has 1 aromatic heterocycles. The third-order valence-electron chi connectivity index (χ3n) is 3.49. The molecule has 5 nitrogen and oxygen atoms in total. The van der Waals surface area contributed by atoms with Crippen molar-refractivity contribution in [3.63, 3.8) is 0 Å². The van der Waals surface area contributed by atoms with Crippen LogP contribution in [0.1, 0.15) is 16.1 Å². The van der Waals surface area contributed by atoms with Crippen LogP contribution < -0.4 is 4.74 Å². The number of rotatable bonds is 5. The summed E-state index contributed by atoms with van der Waals surface area (Å²) in [6.07, 6.45) is 1.59. The number of esters is 1. The minimum absolute atomic E-state index is 0.0314. The lowest BCUT2D eigenvalue weighted by molar-refractivity contribution is 0.0458. The molecule has 25 heavy (non-hydrogen) atoms. The molecule has 1 heterocycles. The van der Waals surface area contributed by atoms with Crippen molar-refractivity contribution in [2.24, 2.45) is 0 Å². The second kappa shape index (κ2) is 7.48. The molecule has 0 bridgehead atoms. The van der Waals surface area contributed by atoms with E-state index in [9.17, 15) is 9.18 Å². The highest BCUT2D eigenvalue weighted by atomic mass is 79.9. The van der Waals surface area contributed by atoms with Crippen LogP contribution in [0.4, 0.5) is 4.39 Å². The van der Waals surface area contributed by atoms with Crippen LogP contribution in [0.25, 0.3) is 5.69 Å². The first-order chi connectivity index (χ1) is 12.1. The van der Waals surface area contributed by atoms with Crippen LogP contribution in [-0.2, 0) is 11.3 Å². The second-order valence-electron chi connectivity index (χ2n) is 5.14. The number of carbonyl (C=O) groups is 1. The summed E-state index contributed by atoms with van der Waals surface area (Å²) in [6.45, 7) is -0.195. The number of ether oxygens (including phenoxy) is 2. The number of carbonyl (C=O) groups excluding carboxylic acids is 1. The van der Waals surface area contributed by atoms with Gasteiger partial charge in [-0.05, 0) is 24.3 Å². The number of para-hydroxylation sites is 1.